The Morgan fingerprint density at radius 3 is 2.53 bits per heavy atom. The fourth-order valence-corrected chi connectivity index (χ4v) is 4.39. The highest BCUT2D eigenvalue weighted by Gasteiger charge is 2.38. The summed E-state index contributed by atoms with van der Waals surface area (Å²) >= 11 is 6.34. The minimum atomic E-state index is -4.90. The summed E-state index contributed by atoms with van der Waals surface area (Å²) in [6, 6.07) is 4.49. The SMILES string of the molecule is NCCCNC(=O)CNCCNC(=O)c1ccc(Nc2nccn3c(-c4cn(CC(F)F)nc4C(F)(F)F)cnc23)cc1Cl.O=CO. The van der Waals surface area contributed by atoms with Crippen LogP contribution in [-0.4, -0.2) is 86.7 Å². The van der Waals surface area contributed by atoms with Crippen LogP contribution in [0.5, 0.6) is 0 Å². The van der Waals surface area contributed by atoms with Crippen LogP contribution in [0.4, 0.5) is 33.5 Å². The van der Waals surface area contributed by atoms with Gasteiger partial charge in [0.25, 0.3) is 18.8 Å². The topological polar surface area (TPSA) is 194 Å². The van der Waals surface area contributed by atoms with E-state index in [1.165, 1.54) is 28.9 Å². The third kappa shape index (κ3) is 10.3. The van der Waals surface area contributed by atoms with E-state index in [0.29, 0.717) is 36.4 Å². The maximum absolute atomic E-state index is 13.7. The Kier molecular flexibility index (Phi) is 13.4. The highest BCUT2D eigenvalue weighted by Crippen LogP contribution is 2.37. The van der Waals surface area contributed by atoms with Crippen molar-refractivity contribution in [2.24, 2.45) is 5.73 Å². The predicted molar refractivity (Wildman–Crippen MR) is 161 cm³/mol. The number of fused-ring (bicyclic) bond motifs is 1. The average molecular weight is 689 g/mol. The zero-order valence-corrected chi connectivity index (χ0v) is 25.2. The molecule has 0 spiro atoms. The molecule has 0 aliphatic heterocycles. The second-order valence-electron chi connectivity index (χ2n) is 9.47. The number of nitrogens with two attached hydrogens (primary N) is 1. The maximum atomic E-state index is 13.7. The lowest BCUT2D eigenvalue weighted by Gasteiger charge is -2.11. The van der Waals surface area contributed by atoms with Crippen molar-refractivity contribution in [3.8, 4) is 11.3 Å². The third-order valence-corrected chi connectivity index (χ3v) is 6.42. The number of carbonyl (C=O) groups excluding carboxylic acids is 2. The number of imidazole rings is 1. The number of halogens is 6. The summed E-state index contributed by atoms with van der Waals surface area (Å²) < 4.78 is 68.6. The van der Waals surface area contributed by atoms with Gasteiger partial charge in [-0.3, -0.25) is 23.5 Å². The molecule has 2 amide bonds. The molecule has 3 aromatic heterocycles. The second kappa shape index (κ2) is 17.2. The van der Waals surface area contributed by atoms with Gasteiger partial charge in [-0.25, -0.2) is 18.7 Å². The van der Waals surface area contributed by atoms with Crippen LogP contribution < -0.4 is 27.0 Å². The van der Waals surface area contributed by atoms with Crippen LogP contribution in [0.1, 0.15) is 22.5 Å². The van der Waals surface area contributed by atoms with Gasteiger partial charge in [-0.05, 0) is 31.2 Å². The molecular weight excluding hydrogens is 659 g/mol. The standard InChI is InChI=1S/C26H28ClF5N10O2.CH2O2/c27-18-10-15(2-3-16(18)25(44)37-7-6-34-12-21(43)35-5-1-4-33)39-23-24-38-11-19(42(24)9-8-36-23)17-13-41(14-20(28)29)40-22(17)26(30,31)32;2-1-3/h2-3,8-11,13,20,34H,1,4-7,12,14,33H2,(H,35,43)(H,36,39)(H,37,44);1H,(H,2,3). The normalized spacial score (nSPS) is 11.2. The number of carbonyl (C=O) groups is 3. The van der Waals surface area contributed by atoms with Crippen LogP contribution in [0.25, 0.3) is 16.9 Å². The molecule has 14 nitrogen and oxygen atoms in total. The van der Waals surface area contributed by atoms with Crippen molar-refractivity contribution >= 4 is 47.0 Å². The van der Waals surface area contributed by atoms with E-state index in [-0.39, 0.29) is 53.2 Å². The lowest BCUT2D eigenvalue weighted by Crippen LogP contribution is -2.38. The van der Waals surface area contributed by atoms with Crippen molar-refractivity contribution < 1.29 is 41.4 Å². The summed E-state index contributed by atoms with van der Waals surface area (Å²) in [6.07, 6.45) is -2.37. The van der Waals surface area contributed by atoms with E-state index in [2.05, 4.69) is 36.3 Å². The van der Waals surface area contributed by atoms with Gasteiger partial charge < -0.3 is 32.1 Å². The molecule has 0 saturated carbocycles. The van der Waals surface area contributed by atoms with Crippen molar-refractivity contribution in [1.82, 2.24) is 40.1 Å². The van der Waals surface area contributed by atoms with Crippen molar-refractivity contribution in [1.29, 1.82) is 0 Å². The van der Waals surface area contributed by atoms with Gasteiger partial charge in [-0.2, -0.15) is 18.3 Å². The number of benzene rings is 1. The lowest BCUT2D eigenvalue weighted by atomic mass is 10.2. The van der Waals surface area contributed by atoms with Crippen molar-refractivity contribution in [3.05, 3.63) is 59.3 Å². The first kappa shape index (κ1) is 36.6. The smallest absolute Gasteiger partial charge is 0.435 e. The zero-order valence-electron chi connectivity index (χ0n) is 24.4. The summed E-state index contributed by atoms with van der Waals surface area (Å²) in [6.45, 7) is 0.380. The first-order valence-corrected chi connectivity index (χ1v) is 14.1. The molecule has 0 fully saturated rings. The molecule has 0 radical (unpaired) electrons. The van der Waals surface area contributed by atoms with Gasteiger partial charge in [-0.15, -0.1) is 0 Å². The van der Waals surface area contributed by atoms with E-state index in [0.717, 1.165) is 12.4 Å². The summed E-state index contributed by atoms with van der Waals surface area (Å²) in [4.78, 5) is 41.0. The first-order valence-electron chi connectivity index (χ1n) is 13.7. The fourth-order valence-electron chi connectivity index (χ4n) is 4.13. The molecule has 4 aromatic rings. The number of rotatable bonds is 14. The first-order chi connectivity index (χ1) is 22.4. The van der Waals surface area contributed by atoms with Crippen molar-refractivity contribution in [2.45, 2.75) is 25.6 Å². The number of aromatic nitrogens is 5. The zero-order chi connectivity index (χ0) is 34.6. The van der Waals surface area contributed by atoms with Crippen molar-refractivity contribution in [2.75, 3.05) is 38.0 Å². The monoisotopic (exact) mass is 688 g/mol. The Balaban J connectivity index is 0.00000192. The molecule has 1 aromatic carbocycles. The number of hydrogen-bond donors (Lipinski definition) is 6. The van der Waals surface area contributed by atoms with Crippen molar-refractivity contribution in [3.63, 3.8) is 0 Å². The molecule has 0 atom stereocenters. The van der Waals surface area contributed by atoms with E-state index in [1.54, 1.807) is 6.07 Å². The molecule has 4 rings (SSSR count). The van der Waals surface area contributed by atoms with Crippen LogP contribution in [-0.2, 0) is 22.3 Å². The van der Waals surface area contributed by atoms with Crippen LogP contribution in [0.2, 0.25) is 5.02 Å². The van der Waals surface area contributed by atoms with Gasteiger partial charge in [-0.1, -0.05) is 11.6 Å². The number of nitrogens with one attached hydrogen (secondary N) is 4. The van der Waals surface area contributed by atoms with Crippen LogP contribution in [0.3, 0.4) is 0 Å². The van der Waals surface area contributed by atoms with Crippen LogP contribution in [0, 0.1) is 0 Å². The number of carboxylic acid groups (broad SMARTS) is 1. The Bertz CT molecular complexity index is 1660. The molecule has 0 aliphatic rings. The molecule has 254 valence electrons. The molecule has 47 heavy (non-hydrogen) atoms. The highest BCUT2D eigenvalue weighted by atomic mass is 35.5. The van der Waals surface area contributed by atoms with E-state index in [4.69, 9.17) is 27.2 Å². The van der Waals surface area contributed by atoms with Gasteiger partial charge in [0.15, 0.2) is 17.2 Å². The summed E-state index contributed by atoms with van der Waals surface area (Å²) in [5, 5.41) is 21.6. The van der Waals surface area contributed by atoms with Gasteiger partial charge >= 0.3 is 6.18 Å². The van der Waals surface area contributed by atoms with E-state index >= 15 is 0 Å². The van der Waals surface area contributed by atoms with Gasteiger partial charge in [0.2, 0.25) is 5.91 Å². The summed E-state index contributed by atoms with van der Waals surface area (Å²) in [7, 11) is 0. The fraction of sp³-hybridized carbons (Fsp3) is 0.333. The van der Waals surface area contributed by atoms with E-state index < -0.39 is 36.3 Å². The molecular formula is C27H30ClF5N10O4. The predicted octanol–water partition coefficient (Wildman–Crippen LogP) is 2.76. The number of anilines is 2. The van der Waals surface area contributed by atoms with Crippen LogP contribution in [0.15, 0.2) is 43.0 Å². The number of alkyl halides is 5. The summed E-state index contributed by atoms with van der Waals surface area (Å²) in [5.74, 6) is -0.472. The van der Waals surface area contributed by atoms with Crippen LogP contribution >= 0.6 is 11.6 Å². The largest absolute Gasteiger partial charge is 0.483 e. The Morgan fingerprint density at radius 1 is 1.13 bits per heavy atom. The maximum Gasteiger partial charge on any atom is 0.435 e. The average Bonchev–Trinajstić information content (AvgIpc) is 3.62. The van der Waals surface area contributed by atoms with E-state index in [9.17, 15) is 31.5 Å². The Morgan fingerprint density at radius 2 is 1.87 bits per heavy atom. The van der Waals surface area contributed by atoms with E-state index in [1.807, 2.05) is 0 Å². The lowest BCUT2D eigenvalue weighted by molar-refractivity contribution is -0.141. The van der Waals surface area contributed by atoms with Gasteiger partial charge in [0.05, 0.1) is 34.6 Å². The molecule has 7 N–H and O–H groups in total. The molecule has 20 heteroatoms. The quantitative estimate of drug-likeness (QED) is 0.0652. The molecule has 0 unspecified atom stereocenters. The number of amides is 2. The Labute approximate surface area is 268 Å². The summed E-state index contributed by atoms with van der Waals surface area (Å²) in [5.41, 5.74) is 4.31. The Hall–Kier alpha value is -4.88. The molecule has 0 saturated heterocycles. The molecule has 0 aliphatic carbocycles. The number of hydrogen-bond acceptors (Lipinski definition) is 9. The molecule has 3 heterocycles. The third-order valence-electron chi connectivity index (χ3n) is 6.11. The highest BCUT2D eigenvalue weighted by molar-refractivity contribution is 6.34. The second-order valence-corrected chi connectivity index (χ2v) is 9.87. The van der Waals surface area contributed by atoms with Gasteiger partial charge in [0, 0.05) is 43.9 Å². The van der Waals surface area contributed by atoms with Gasteiger partial charge in [0.1, 0.15) is 6.54 Å². The number of nitrogens with zero attached hydrogens (tertiary/aromatic N) is 5. The minimum absolute atomic E-state index is 0.0370. The molecule has 0 bridgehead atoms. The minimum Gasteiger partial charge on any atom is -0.483 e.